The summed E-state index contributed by atoms with van der Waals surface area (Å²) >= 11 is 1.57. The number of nitrogens with two attached hydrogens (primary N) is 1. The van der Waals surface area contributed by atoms with Gasteiger partial charge in [0.2, 0.25) is 0 Å². The van der Waals surface area contributed by atoms with Gasteiger partial charge >= 0.3 is 0 Å². The van der Waals surface area contributed by atoms with E-state index in [1.165, 1.54) is 0 Å². The Morgan fingerprint density at radius 2 is 2.20 bits per heavy atom. The van der Waals surface area contributed by atoms with Gasteiger partial charge in [-0.3, -0.25) is 0 Å². The Balaban J connectivity index is 1.83. The highest BCUT2D eigenvalue weighted by Crippen LogP contribution is 2.30. The SMILES string of the molecule is N#Cc1cccc(CNc2ccc3scnc3c2N)c1. The number of nitriles is 1. The van der Waals surface area contributed by atoms with Crippen molar-refractivity contribution in [2.75, 3.05) is 11.1 Å². The van der Waals surface area contributed by atoms with Crippen LogP contribution in [0, 0.1) is 11.3 Å². The van der Waals surface area contributed by atoms with Crippen LogP contribution in [0.1, 0.15) is 11.1 Å². The molecule has 1 heterocycles. The van der Waals surface area contributed by atoms with Gasteiger partial charge in [-0.25, -0.2) is 4.98 Å². The number of aromatic nitrogens is 1. The molecule has 98 valence electrons. The topological polar surface area (TPSA) is 74.7 Å². The Bertz CT molecular complexity index is 801. The van der Waals surface area contributed by atoms with Gasteiger partial charge in [-0.1, -0.05) is 12.1 Å². The van der Waals surface area contributed by atoms with Crippen molar-refractivity contribution in [3.63, 3.8) is 0 Å². The maximum absolute atomic E-state index is 8.89. The molecule has 0 aliphatic heterocycles. The molecule has 0 atom stereocenters. The first-order valence-corrected chi connectivity index (χ1v) is 7.00. The molecular weight excluding hydrogens is 268 g/mol. The van der Waals surface area contributed by atoms with Crippen molar-refractivity contribution in [3.8, 4) is 6.07 Å². The molecular formula is C15H12N4S. The van der Waals surface area contributed by atoms with E-state index in [4.69, 9.17) is 11.0 Å². The van der Waals surface area contributed by atoms with E-state index in [1.54, 1.807) is 22.9 Å². The Kier molecular flexibility index (Phi) is 3.23. The number of nitrogen functional groups attached to an aromatic ring is 1. The zero-order valence-corrected chi connectivity index (χ0v) is 11.4. The number of nitrogens with one attached hydrogen (secondary N) is 1. The molecule has 0 aliphatic rings. The number of benzene rings is 2. The summed E-state index contributed by atoms with van der Waals surface area (Å²) in [5.41, 5.74) is 12.0. The number of fused-ring (bicyclic) bond motifs is 1. The minimum absolute atomic E-state index is 0.620. The van der Waals surface area contributed by atoms with Crippen molar-refractivity contribution in [3.05, 3.63) is 53.0 Å². The maximum Gasteiger partial charge on any atom is 0.106 e. The molecule has 0 aliphatic carbocycles. The molecule has 0 radical (unpaired) electrons. The molecule has 3 N–H and O–H groups in total. The van der Waals surface area contributed by atoms with Gasteiger partial charge < -0.3 is 11.1 Å². The third-order valence-corrected chi connectivity index (χ3v) is 3.87. The highest BCUT2D eigenvalue weighted by molar-refractivity contribution is 7.16. The smallest absolute Gasteiger partial charge is 0.106 e. The van der Waals surface area contributed by atoms with Gasteiger partial charge in [-0.05, 0) is 29.8 Å². The summed E-state index contributed by atoms with van der Waals surface area (Å²) in [7, 11) is 0. The van der Waals surface area contributed by atoms with Crippen LogP contribution < -0.4 is 11.1 Å². The van der Waals surface area contributed by atoms with Crippen molar-refractivity contribution >= 4 is 32.9 Å². The van der Waals surface area contributed by atoms with Gasteiger partial charge in [-0.15, -0.1) is 11.3 Å². The molecule has 0 bridgehead atoms. The number of thiazole rings is 1. The Morgan fingerprint density at radius 3 is 3.05 bits per heavy atom. The molecule has 0 amide bonds. The molecule has 2 aromatic carbocycles. The van der Waals surface area contributed by atoms with E-state index in [0.717, 1.165) is 21.5 Å². The average Bonchev–Trinajstić information content (AvgIpc) is 2.96. The third kappa shape index (κ3) is 2.29. The lowest BCUT2D eigenvalue weighted by Crippen LogP contribution is -2.03. The summed E-state index contributed by atoms with van der Waals surface area (Å²) in [6, 6.07) is 13.6. The van der Waals surface area contributed by atoms with E-state index in [9.17, 15) is 0 Å². The lowest BCUT2D eigenvalue weighted by molar-refractivity contribution is 1.15. The van der Waals surface area contributed by atoms with Crippen molar-refractivity contribution in [1.29, 1.82) is 5.26 Å². The summed E-state index contributed by atoms with van der Waals surface area (Å²) in [5, 5.41) is 12.2. The number of anilines is 2. The second-order valence-corrected chi connectivity index (χ2v) is 5.28. The van der Waals surface area contributed by atoms with Crippen LogP contribution in [0.3, 0.4) is 0 Å². The summed E-state index contributed by atoms with van der Waals surface area (Å²) < 4.78 is 1.08. The van der Waals surface area contributed by atoms with Crippen LogP contribution in [0.25, 0.3) is 10.2 Å². The first kappa shape index (κ1) is 12.5. The molecule has 0 fully saturated rings. The lowest BCUT2D eigenvalue weighted by Gasteiger charge is -2.10. The number of hydrogen-bond donors (Lipinski definition) is 2. The van der Waals surface area contributed by atoms with E-state index < -0.39 is 0 Å². The molecule has 5 heteroatoms. The minimum Gasteiger partial charge on any atom is -0.395 e. The second-order valence-electron chi connectivity index (χ2n) is 4.39. The molecule has 1 aromatic heterocycles. The molecule has 0 spiro atoms. The summed E-state index contributed by atoms with van der Waals surface area (Å²) in [4.78, 5) is 4.27. The van der Waals surface area contributed by atoms with Crippen LogP contribution in [0.5, 0.6) is 0 Å². The number of hydrogen-bond acceptors (Lipinski definition) is 5. The minimum atomic E-state index is 0.620. The van der Waals surface area contributed by atoms with Gasteiger partial charge in [0, 0.05) is 6.54 Å². The van der Waals surface area contributed by atoms with Gasteiger partial charge in [0.15, 0.2) is 0 Å². The fraction of sp³-hybridized carbons (Fsp3) is 0.0667. The number of rotatable bonds is 3. The molecule has 0 unspecified atom stereocenters. The van der Waals surface area contributed by atoms with Gasteiger partial charge in [0.1, 0.15) is 5.52 Å². The number of nitrogens with zero attached hydrogens (tertiary/aromatic N) is 2. The van der Waals surface area contributed by atoms with Crippen LogP contribution in [-0.4, -0.2) is 4.98 Å². The monoisotopic (exact) mass is 280 g/mol. The standard InChI is InChI=1S/C15H12N4S/c16-7-10-2-1-3-11(6-10)8-18-12-4-5-13-15(14(12)17)19-9-20-13/h1-6,9,18H,8,17H2. The predicted molar refractivity (Wildman–Crippen MR) is 82.5 cm³/mol. The van der Waals surface area contributed by atoms with Gasteiger partial charge in [0.25, 0.3) is 0 Å². The van der Waals surface area contributed by atoms with Crippen molar-refractivity contribution in [2.45, 2.75) is 6.54 Å². The zero-order chi connectivity index (χ0) is 13.9. The van der Waals surface area contributed by atoms with Crippen LogP contribution >= 0.6 is 11.3 Å². The summed E-state index contributed by atoms with van der Waals surface area (Å²) in [6.45, 7) is 0.620. The van der Waals surface area contributed by atoms with Gasteiger partial charge in [0.05, 0.1) is 33.2 Å². The van der Waals surface area contributed by atoms with E-state index in [0.29, 0.717) is 17.8 Å². The fourth-order valence-corrected chi connectivity index (χ4v) is 2.75. The van der Waals surface area contributed by atoms with E-state index in [2.05, 4.69) is 16.4 Å². The first-order chi connectivity index (χ1) is 9.78. The maximum atomic E-state index is 8.89. The van der Waals surface area contributed by atoms with Crippen molar-refractivity contribution < 1.29 is 0 Å². The Hall–Kier alpha value is -2.58. The predicted octanol–water partition coefficient (Wildman–Crippen LogP) is 3.36. The van der Waals surface area contributed by atoms with Crippen molar-refractivity contribution in [2.24, 2.45) is 0 Å². The molecule has 0 saturated heterocycles. The van der Waals surface area contributed by atoms with E-state index in [1.807, 2.05) is 30.3 Å². The summed E-state index contributed by atoms with van der Waals surface area (Å²) in [6.07, 6.45) is 0. The lowest BCUT2D eigenvalue weighted by atomic mass is 10.1. The quantitative estimate of drug-likeness (QED) is 0.721. The molecule has 4 nitrogen and oxygen atoms in total. The normalized spacial score (nSPS) is 10.3. The third-order valence-electron chi connectivity index (χ3n) is 3.08. The largest absolute Gasteiger partial charge is 0.395 e. The highest BCUT2D eigenvalue weighted by Gasteiger charge is 2.06. The average molecular weight is 280 g/mol. The molecule has 20 heavy (non-hydrogen) atoms. The summed E-state index contributed by atoms with van der Waals surface area (Å²) in [5.74, 6) is 0. The van der Waals surface area contributed by atoms with Crippen LogP contribution in [0.2, 0.25) is 0 Å². The Labute approximate surface area is 120 Å². The van der Waals surface area contributed by atoms with Crippen molar-refractivity contribution in [1.82, 2.24) is 4.98 Å². The highest BCUT2D eigenvalue weighted by atomic mass is 32.1. The van der Waals surface area contributed by atoms with E-state index in [-0.39, 0.29) is 0 Å². The van der Waals surface area contributed by atoms with Crippen LogP contribution in [0.4, 0.5) is 11.4 Å². The Morgan fingerprint density at radius 1 is 1.30 bits per heavy atom. The second kappa shape index (κ2) is 5.19. The van der Waals surface area contributed by atoms with Crippen LogP contribution in [0.15, 0.2) is 41.9 Å². The van der Waals surface area contributed by atoms with Crippen LogP contribution in [-0.2, 0) is 6.54 Å². The van der Waals surface area contributed by atoms with E-state index >= 15 is 0 Å². The fourth-order valence-electron chi connectivity index (χ4n) is 2.05. The zero-order valence-electron chi connectivity index (χ0n) is 10.6. The molecule has 3 aromatic rings. The first-order valence-electron chi connectivity index (χ1n) is 6.12. The molecule has 0 saturated carbocycles. The van der Waals surface area contributed by atoms with Gasteiger partial charge in [-0.2, -0.15) is 5.26 Å². The molecule has 3 rings (SSSR count).